The molecule has 0 radical (unpaired) electrons. The number of carbonyl (C=O) groups is 1. The largest absolute Gasteiger partial charge is 0.308 e. The molecule has 1 atom stereocenters. The Kier molecular flexibility index (Phi) is 2.49. The molecular formula is C14H13BrN2O. The van der Waals surface area contributed by atoms with Crippen LogP contribution in [0, 0.1) is 16.7 Å². The van der Waals surface area contributed by atoms with Gasteiger partial charge in [0.15, 0.2) is 0 Å². The van der Waals surface area contributed by atoms with E-state index in [9.17, 15) is 4.79 Å². The van der Waals surface area contributed by atoms with Crippen LogP contribution < -0.4 is 4.90 Å². The van der Waals surface area contributed by atoms with Crippen molar-refractivity contribution >= 4 is 27.5 Å². The van der Waals surface area contributed by atoms with Crippen molar-refractivity contribution in [3.05, 3.63) is 28.2 Å². The minimum Gasteiger partial charge on any atom is -0.308 e. The molecule has 0 spiro atoms. The van der Waals surface area contributed by atoms with E-state index in [0.29, 0.717) is 12.8 Å². The molecule has 1 saturated carbocycles. The third-order valence-electron chi connectivity index (χ3n) is 3.85. The van der Waals surface area contributed by atoms with Gasteiger partial charge in [0.05, 0.1) is 6.07 Å². The van der Waals surface area contributed by atoms with Crippen LogP contribution in [0.15, 0.2) is 22.7 Å². The summed E-state index contributed by atoms with van der Waals surface area (Å²) in [6.45, 7) is 2.04. The standard InChI is InChI=1S/C14H13BrN2O/c1-9-6-10-7-11(15)2-3-12(10)17(9)13(18)14(8-16)4-5-14/h2-3,7,9H,4-6H2,1H3/t9-/m1/s1. The van der Waals surface area contributed by atoms with Crippen LogP contribution in [0.5, 0.6) is 0 Å². The molecular weight excluding hydrogens is 292 g/mol. The zero-order chi connectivity index (χ0) is 12.9. The second kappa shape index (κ2) is 3.83. The number of amides is 1. The summed E-state index contributed by atoms with van der Waals surface area (Å²) in [6.07, 6.45) is 2.27. The molecule has 4 heteroatoms. The highest BCUT2D eigenvalue weighted by atomic mass is 79.9. The Morgan fingerprint density at radius 2 is 2.28 bits per heavy atom. The Hall–Kier alpha value is -1.34. The van der Waals surface area contributed by atoms with Crippen LogP contribution in [0.4, 0.5) is 5.69 Å². The minimum atomic E-state index is -0.733. The van der Waals surface area contributed by atoms with E-state index in [1.165, 1.54) is 5.56 Å². The van der Waals surface area contributed by atoms with Crippen LogP contribution in [0.25, 0.3) is 0 Å². The van der Waals surface area contributed by atoms with Crippen LogP contribution in [-0.2, 0) is 11.2 Å². The van der Waals surface area contributed by atoms with Gasteiger partial charge >= 0.3 is 0 Å². The molecule has 1 heterocycles. The number of anilines is 1. The molecule has 0 aromatic heterocycles. The summed E-state index contributed by atoms with van der Waals surface area (Å²) in [5, 5.41) is 9.16. The molecule has 1 fully saturated rings. The number of nitrogens with zero attached hydrogens (tertiary/aromatic N) is 2. The van der Waals surface area contributed by atoms with Gasteiger partial charge in [-0.1, -0.05) is 15.9 Å². The Labute approximate surface area is 115 Å². The summed E-state index contributed by atoms with van der Waals surface area (Å²) in [5.41, 5.74) is 1.42. The summed E-state index contributed by atoms with van der Waals surface area (Å²) in [7, 11) is 0. The monoisotopic (exact) mass is 304 g/mol. The lowest BCUT2D eigenvalue weighted by Crippen LogP contribution is -2.40. The fourth-order valence-electron chi connectivity index (χ4n) is 2.64. The number of halogens is 1. The molecule has 0 N–H and O–H groups in total. The first-order valence-corrected chi connectivity index (χ1v) is 6.90. The minimum absolute atomic E-state index is 0.0152. The molecule has 92 valence electrons. The van der Waals surface area contributed by atoms with Gasteiger partial charge in [0.1, 0.15) is 5.41 Å². The van der Waals surface area contributed by atoms with E-state index in [2.05, 4.69) is 28.1 Å². The molecule has 0 bridgehead atoms. The second-order valence-electron chi connectivity index (χ2n) is 5.20. The van der Waals surface area contributed by atoms with Gasteiger partial charge in [0.25, 0.3) is 0 Å². The quantitative estimate of drug-likeness (QED) is 0.800. The molecule has 0 unspecified atom stereocenters. The number of fused-ring (bicyclic) bond motifs is 1. The van der Waals surface area contributed by atoms with Gasteiger partial charge in [-0.05, 0) is 49.9 Å². The Balaban J connectivity index is 2.00. The zero-order valence-corrected chi connectivity index (χ0v) is 11.7. The lowest BCUT2D eigenvalue weighted by atomic mass is 10.1. The van der Waals surface area contributed by atoms with Gasteiger partial charge in [0, 0.05) is 16.2 Å². The maximum atomic E-state index is 12.5. The number of benzene rings is 1. The van der Waals surface area contributed by atoms with Crippen molar-refractivity contribution in [1.82, 2.24) is 0 Å². The number of nitriles is 1. The molecule has 1 aromatic rings. The van der Waals surface area contributed by atoms with Gasteiger partial charge in [0.2, 0.25) is 5.91 Å². The topological polar surface area (TPSA) is 44.1 Å². The van der Waals surface area contributed by atoms with Crippen molar-refractivity contribution in [2.75, 3.05) is 4.90 Å². The predicted octanol–water partition coefficient (Wildman–Crippen LogP) is 3.03. The predicted molar refractivity (Wildman–Crippen MR) is 72.1 cm³/mol. The van der Waals surface area contributed by atoms with Gasteiger partial charge < -0.3 is 4.90 Å². The van der Waals surface area contributed by atoms with Crippen LogP contribution in [0.3, 0.4) is 0 Å². The summed E-state index contributed by atoms with van der Waals surface area (Å²) >= 11 is 3.45. The highest BCUT2D eigenvalue weighted by Crippen LogP contribution is 2.49. The molecule has 1 aromatic carbocycles. The fourth-order valence-corrected chi connectivity index (χ4v) is 3.05. The number of carbonyl (C=O) groups excluding carboxylic acids is 1. The fraction of sp³-hybridized carbons (Fsp3) is 0.429. The van der Waals surface area contributed by atoms with Gasteiger partial charge in [-0.3, -0.25) is 4.79 Å². The van der Waals surface area contributed by atoms with Gasteiger partial charge in [-0.25, -0.2) is 0 Å². The van der Waals surface area contributed by atoms with Crippen molar-refractivity contribution in [1.29, 1.82) is 5.26 Å². The Morgan fingerprint density at radius 1 is 1.56 bits per heavy atom. The number of rotatable bonds is 1. The average molecular weight is 305 g/mol. The summed E-state index contributed by atoms with van der Waals surface area (Å²) in [4.78, 5) is 14.3. The normalized spacial score (nSPS) is 23.4. The summed E-state index contributed by atoms with van der Waals surface area (Å²) in [6, 6.07) is 8.31. The molecule has 2 aliphatic rings. The maximum absolute atomic E-state index is 12.5. The van der Waals surface area contributed by atoms with Gasteiger partial charge in [-0.15, -0.1) is 0 Å². The smallest absolute Gasteiger partial charge is 0.247 e. The van der Waals surface area contributed by atoms with Crippen LogP contribution in [0.2, 0.25) is 0 Å². The van der Waals surface area contributed by atoms with Crippen molar-refractivity contribution in [2.45, 2.75) is 32.2 Å². The summed E-state index contributed by atoms with van der Waals surface area (Å²) in [5.74, 6) is -0.0152. The lowest BCUT2D eigenvalue weighted by molar-refractivity contribution is -0.122. The van der Waals surface area contributed by atoms with E-state index in [-0.39, 0.29) is 11.9 Å². The first-order valence-electron chi connectivity index (χ1n) is 6.11. The Bertz CT molecular complexity index is 572. The van der Waals surface area contributed by atoms with Crippen molar-refractivity contribution in [2.24, 2.45) is 5.41 Å². The highest BCUT2D eigenvalue weighted by Gasteiger charge is 2.54. The van der Waals surface area contributed by atoms with Crippen LogP contribution in [0.1, 0.15) is 25.3 Å². The third kappa shape index (κ3) is 1.58. The molecule has 0 saturated heterocycles. The van der Waals surface area contributed by atoms with E-state index in [1.54, 1.807) is 0 Å². The van der Waals surface area contributed by atoms with Crippen molar-refractivity contribution < 1.29 is 4.79 Å². The van der Waals surface area contributed by atoms with E-state index >= 15 is 0 Å². The number of hydrogen-bond donors (Lipinski definition) is 0. The number of hydrogen-bond acceptors (Lipinski definition) is 2. The van der Waals surface area contributed by atoms with E-state index in [4.69, 9.17) is 5.26 Å². The second-order valence-corrected chi connectivity index (χ2v) is 6.11. The molecule has 18 heavy (non-hydrogen) atoms. The third-order valence-corrected chi connectivity index (χ3v) is 4.34. The van der Waals surface area contributed by atoms with E-state index < -0.39 is 5.41 Å². The molecule has 3 rings (SSSR count). The average Bonchev–Trinajstić information content (AvgIpc) is 3.07. The SMILES string of the molecule is C[C@@H]1Cc2cc(Br)ccc2N1C(=O)C1(C#N)CC1. The molecule has 1 aliphatic carbocycles. The lowest BCUT2D eigenvalue weighted by Gasteiger charge is -2.24. The molecule has 1 amide bonds. The Morgan fingerprint density at radius 3 is 2.89 bits per heavy atom. The first kappa shape index (κ1) is 11.7. The highest BCUT2D eigenvalue weighted by molar-refractivity contribution is 9.10. The van der Waals surface area contributed by atoms with Crippen molar-refractivity contribution in [3.8, 4) is 6.07 Å². The summed E-state index contributed by atoms with van der Waals surface area (Å²) < 4.78 is 1.03. The van der Waals surface area contributed by atoms with Crippen LogP contribution in [-0.4, -0.2) is 11.9 Å². The zero-order valence-electron chi connectivity index (χ0n) is 10.1. The molecule has 1 aliphatic heterocycles. The first-order chi connectivity index (χ1) is 8.57. The molecule has 3 nitrogen and oxygen atoms in total. The van der Waals surface area contributed by atoms with Gasteiger partial charge in [-0.2, -0.15) is 5.26 Å². The van der Waals surface area contributed by atoms with E-state index in [1.807, 2.05) is 24.0 Å². The van der Waals surface area contributed by atoms with Crippen LogP contribution >= 0.6 is 15.9 Å². The maximum Gasteiger partial charge on any atom is 0.247 e. The van der Waals surface area contributed by atoms with Crippen molar-refractivity contribution in [3.63, 3.8) is 0 Å². The van der Waals surface area contributed by atoms with E-state index in [0.717, 1.165) is 16.6 Å².